The zero-order chi connectivity index (χ0) is 35.5. The monoisotopic (exact) mass is 696 g/mol. The van der Waals surface area contributed by atoms with Gasteiger partial charge in [0.15, 0.2) is 0 Å². The van der Waals surface area contributed by atoms with Crippen LogP contribution >= 0.6 is 0 Å². The number of amides is 3. The van der Waals surface area contributed by atoms with E-state index in [1.807, 2.05) is 31.3 Å². The van der Waals surface area contributed by atoms with Crippen molar-refractivity contribution < 1.29 is 36.7 Å². The minimum Gasteiger partial charge on any atom is -0.474 e. The second kappa shape index (κ2) is 14.7. The molecule has 3 aromatic rings. The number of hydrogen-bond acceptors (Lipinski definition) is 8. The predicted octanol–water partition coefficient (Wildman–Crippen LogP) is 5.08. The molecule has 3 aliphatic heterocycles. The van der Waals surface area contributed by atoms with E-state index in [4.69, 9.17) is 4.74 Å². The second-order valence-corrected chi connectivity index (χ2v) is 13.3. The van der Waals surface area contributed by atoms with Crippen LogP contribution in [0.4, 0.5) is 23.2 Å². The number of likely N-dealkylation sites (tertiary alicyclic amines) is 1. The Balaban J connectivity index is 0.990. The van der Waals surface area contributed by atoms with Crippen molar-refractivity contribution in [1.29, 1.82) is 0 Å². The zero-order valence-corrected chi connectivity index (χ0v) is 27.8. The molecular weight excluding hydrogens is 656 g/mol. The minimum absolute atomic E-state index is 0.0245. The number of carbonyl (C=O) groups is 3. The second-order valence-electron chi connectivity index (χ2n) is 13.3. The Hall–Kier alpha value is -4.59. The first-order valence-electron chi connectivity index (χ1n) is 16.9. The number of aryl methyl sites for hydroxylation is 1. The highest BCUT2D eigenvalue weighted by molar-refractivity contribution is 6.00. The zero-order valence-electron chi connectivity index (χ0n) is 27.8. The van der Waals surface area contributed by atoms with E-state index in [2.05, 4.69) is 25.1 Å². The van der Waals surface area contributed by atoms with Crippen molar-refractivity contribution in [2.24, 2.45) is 0 Å². The molecule has 1 aromatic carbocycles. The molecule has 3 aliphatic rings. The summed E-state index contributed by atoms with van der Waals surface area (Å²) in [5.74, 6) is -0.874. The molecule has 14 heteroatoms. The number of halogens is 4. The van der Waals surface area contributed by atoms with Crippen LogP contribution in [0.1, 0.15) is 66.5 Å². The van der Waals surface area contributed by atoms with Crippen LogP contribution in [-0.2, 0) is 39.3 Å². The maximum Gasteiger partial charge on any atom is 0.416 e. The number of nitrogens with one attached hydrogen (secondary N) is 1. The van der Waals surface area contributed by atoms with Crippen LogP contribution in [-0.4, -0.2) is 76.3 Å². The highest BCUT2D eigenvalue weighted by atomic mass is 19.4. The Bertz CT molecular complexity index is 1690. The number of benzene rings is 1. The molecule has 6 rings (SSSR count). The Labute approximate surface area is 287 Å². The lowest BCUT2D eigenvalue weighted by molar-refractivity contribution is -0.141. The molecule has 1 unspecified atom stereocenters. The molecular formula is C36H40F4N6O4. The van der Waals surface area contributed by atoms with Gasteiger partial charge < -0.3 is 14.5 Å². The first kappa shape index (κ1) is 35.2. The van der Waals surface area contributed by atoms with Gasteiger partial charge in [-0.15, -0.1) is 0 Å². The van der Waals surface area contributed by atoms with Gasteiger partial charge >= 0.3 is 6.18 Å². The van der Waals surface area contributed by atoms with Crippen molar-refractivity contribution >= 4 is 23.9 Å². The van der Waals surface area contributed by atoms with Gasteiger partial charge in [0, 0.05) is 70.8 Å². The number of aromatic nitrogens is 2. The van der Waals surface area contributed by atoms with Gasteiger partial charge in [-0.05, 0) is 61.1 Å². The predicted molar refractivity (Wildman–Crippen MR) is 176 cm³/mol. The van der Waals surface area contributed by atoms with Gasteiger partial charge in [-0.3, -0.25) is 29.6 Å². The van der Waals surface area contributed by atoms with Crippen molar-refractivity contribution in [3.63, 3.8) is 0 Å². The number of pyridine rings is 2. The van der Waals surface area contributed by atoms with Gasteiger partial charge in [-0.1, -0.05) is 18.2 Å². The van der Waals surface area contributed by atoms with Gasteiger partial charge in [-0.25, -0.2) is 9.37 Å². The number of ether oxygens (including phenoxy) is 1. The number of nitrogens with zero attached hydrogens (tertiary/aromatic N) is 5. The summed E-state index contributed by atoms with van der Waals surface area (Å²) in [5, 5.41) is 2.29. The number of imide groups is 1. The number of rotatable bonds is 10. The summed E-state index contributed by atoms with van der Waals surface area (Å²) in [7, 11) is 0. The van der Waals surface area contributed by atoms with E-state index in [0.717, 1.165) is 40.8 Å². The van der Waals surface area contributed by atoms with E-state index >= 15 is 4.39 Å². The van der Waals surface area contributed by atoms with Gasteiger partial charge in [0.25, 0.3) is 0 Å². The largest absolute Gasteiger partial charge is 0.474 e. The number of alkyl halides is 4. The SMILES string of the molecule is Cc1ccc(C2(F)CCN(Cc3ccc(N4CCC(Oc5cc(C(F)(F)F)ccn5)CC4)cn3)CC2)cc1CN(C=O)C1CCC(=O)NC1=O. The number of anilines is 1. The highest BCUT2D eigenvalue weighted by Crippen LogP contribution is 2.38. The van der Waals surface area contributed by atoms with Crippen LogP contribution in [0.5, 0.6) is 5.88 Å². The number of carbonyl (C=O) groups excluding carboxylic acids is 3. The maximum absolute atomic E-state index is 16.4. The van der Waals surface area contributed by atoms with Crippen LogP contribution in [0.25, 0.3) is 0 Å². The van der Waals surface area contributed by atoms with Crippen molar-refractivity contribution in [1.82, 2.24) is 25.1 Å². The molecule has 2 aromatic heterocycles. The first-order chi connectivity index (χ1) is 23.9. The molecule has 1 atom stereocenters. The number of piperidine rings is 3. The van der Waals surface area contributed by atoms with E-state index in [1.165, 1.54) is 4.90 Å². The maximum atomic E-state index is 16.4. The molecule has 5 heterocycles. The van der Waals surface area contributed by atoms with Crippen molar-refractivity contribution in [2.45, 2.75) is 82.5 Å². The van der Waals surface area contributed by atoms with Crippen molar-refractivity contribution in [2.75, 3.05) is 31.1 Å². The third-order valence-electron chi connectivity index (χ3n) is 9.97. The summed E-state index contributed by atoms with van der Waals surface area (Å²) in [6.45, 7) is 5.01. The van der Waals surface area contributed by atoms with E-state index in [0.29, 0.717) is 70.4 Å². The molecule has 50 heavy (non-hydrogen) atoms. The van der Waals surface area contributed by atoms with E-state index in [1.54, 1.807) is 12.1 Å². The molecule has 0 radical (unpaired) electrons. The fraction of sp³-hybridized carbons (Fsp3) is 0.472. The first-order valence-corrected chi connectivity index (χ1v) is 16.9. The lowest BCUT2D eigenvalue weighted by Crippen LogP contribution is -2.51. The van der Waals surface area contributed by atoms with E-state index in [-0.39, 0.29) is 37.3 Å². The van der Waals surface area contributed by atoms with E-state index in [9.17, 15) is 27.6 Å². The van der Waals surface area contributed by atoms with Gasteiger partial charge in [0.05, 0.1) is 23.1 Å². The average Bonchev–Trinajstić information content (AvgIpc) is 3.10. The highest BCUT2D eigenvalue weighted by Gasteiger charge is 2.37. The summed E-state index contributed by atoms with van der Waals surface area (Å²) >= 11 is 0. The van der Waals surface area contributed by atoms with Crippen molar-refractivity contribution in [3.05, 3.63) is 82.8 Å². The van der Waals surface area contributed by atoms with Crippen LogP contribution < -0.4 is 15.0 Å². The molecule has 266 valence electrons. The molecule has 10 nitrogen and oxygen atoms in total. The third-order valence-corrected chi connectivity index (χ3v) is 9.97. The lowest BCUT2D eigenvalue weighted by atomic mass is 9.84. The Kier molecular flexibility index (Phi) is 10.4. The van der Waals surface area contributed by atoms with Gasteiger partial charge in [-0.2, -0.15) is 13.2 Å². The normalized spacial score (nSPS) is 20.3. The Morgan fingerprint density at radius 2 is 1.78 bits per heavy atom. The summed E-state index contributed by atoms with van der Waals surface area (Å²) in [4.78, 5) is 50.2. The van der Waals surface area contributed by atoms with Crippen LogP contribution in [0.3, 0.4) is 0 Å². The molecule has 0 saturated carbocycles. The molecule has 0 bridgehead atoms. The number of hydrogen-bond donors (Lipinski definition) is 1. The summed E-state index contributed by atoms with van der Waals surface area (Å²) < 4.78 is 61.2. The molecule has 0 spiro atoms. The average molecular weight is 697 g/mol. The Morgan fingerprint density at radius 3 is 2.44 bits per heavy atom. The van der Waals surface area contributed by atoms with Gasteiger partial charge in [0.1, 0.15) is 17.8 Å². The van der Waals surface area contributed by atoms with Crippen LogP contribution in [0.2, 0.25) is 0 Å². The van der Waals surface area contributed by atoms with Crippen molar-refractivity contribution in [3.8, 4) is 5.88 Å². The molecule has 0 aliphatic carbocycles. The fourth-order valence-corrected chi connectivity index (χ4v) is 6.87. The summed E-state index contributed by atoms with van der Waals surface area (Å²) in [5.41, 5.74) is 1.69. The third kappa shape index (κ3) is 8.23. The smallest absolute Gasteiger partial charge is 0.416 e. The topological polar surface area (TPSA) is 108 Å². The van der Waals surface area contributed by atoms with Gasteiger partial charge in [0.2, 0.25) is 24.1 Å². The standard InChI is InChI=1S/C36H40F4N6O4/c1-24-2-3-26(18-25(24)21-46(23-47)31-6-7-32(48)43-34(31)49)35(37)11-16-44(17-12-35)22-28-4-5-29(20-42-28)45-14-9-30(10-15-45)50-33-19-27(8-13-41-33)36(38,39)40/h2-5,8,13,18-20,23,30-31H,6-7,9-12,14-17,21-22H2,1H3,(H,43,48,49). The lowest BCUT2D eigenvalue weighted by Gasteiger charge is -2.37. The summed E-state index contributed by atoms with van der Waals surface area (Å²) in [6.07, 6.45) is 1.14. The van der Waals surface area contributed by atoms with Crippen LogP contribution in [0.15, 0.2) is 54.9 Å². The fourth-order valence-electron chi connectivity index (χ4n) is 6.87. The molecule has 3 saturated heterocycles. The molecule has 3 fully saturated rings. The van der Waals surface area contributed by atoms with Crippen LogP contribution in [0, 0.1) is 6.92 Å². The van der Waals surface area contributed by atoms with E-state index < -0.39 is 29.4 Å². The quantitative estimate of drug-likeness (QED) is 0.178. The summed E-state index contributed by atoms with van der Waals surface area (Å²) in [6, 6.07) is 10.5. The minimum atomic E-state index is -4.45. The molecule has 1 N–H and O–H groups in total. The molecule has 3 amide bonds. The Morgan fingerprint density at radius 1 is 1.02 bits per heavy atom.